The van der Waals surface area contributed by atoms with Crippen LogP contribution >= 0.6 is 11.6 Å². The number of benzene rings is 1. The van der Waals surface area contributed by atoms with Gasteiger partial charge in [0.25, 0.3) is 0 Å². The second-order valence-electron chi connectivity index (χ2n) is 4.54. The molecular formula is C15H15ClN4. The van der Waals surface area contributed by atoms with Crippen molar-refractivity contribution < 1.29 is 0 Å². The van der Waals surface area contributed by atoms with Gasteiger partial charge in [-0.05, 0) is 30.7 Å². The molecule has 0 bridgehead atoms. The van der Waals surface area contributed by atoms with Crippen LogP contribution in [0.5, 0.6) is 0 Å². The van der Waals surface area contributed by atoms with E-state index in [1.54, 1.807) is 6.20 Å². The highest BCUT2D eigenvalue weighted by molar-refractivity contribution is 6.35. The third-order valence-electron chi connectivity index (χ3n) is 3.32. The highest BCUT2D eigenvalue weighted by atomic mass is 35.5. The largest absolute Gasteiger partial charge is 0.326 e. The van der Waals surface area contributed by atoms with E-state index in [9.17, 15) is 0 Å². The molecule has 2 heterocycles. The number of fused-ring (bicyclic) bond motifs is 1. The molecule has 0 radical (unpaired) electrons. The van der Waals surface area contributed by atoms with E-state index in [1.807, 2.05) is 30.3 Å². The van der Waals surface area contributed by atoms with Crippen LogP contribution in [0.25, 0.3) is 22.6 Å². The molecule has 4 nitrogen and oxygen atoms in total. The Labute approximate surface area is 122 Å². The zero-order valence-electron chi connectivity index (χ0n) is 11.2. The minimum absolute atomic E-state index is 0.489. The maximum atomic E-state index is 6.29. The lowest BCUT2D eigenvalue weighted by Crippen LogP contribution is -2.01. The lowest BCUT2D eigenvalue weighted by atomic mass is 10.2. The van der Waals surface area contributed by atoms with E-state index in [4.69, 9.17) is 17.3 Å². The Hall–Kier alpha value is -1.91. The Morgan fingerprint density at radius 1 is 1.25 bits per heavy atom. The first-order chi connectivity index (χ1) is 9.74. The van der Waals surface area contributed by atoms with Crippen LogP contribution in [0.4, 0.5) is 0 Å². The molecule has 0 aliphatic heterocycles. The van der Waals surface area contributed by atoms with Crippen LogP contribution in [0.3, 0.4) is 0 Å². The van der Waals surface area contributed by atoms with Crippen molar-refractivity contribution in [2.45, 2.75) is 20.0 Å². The van der Waals surface area contributed by atoms with Crippen molar-refractivity contribution in [3.05, 3.63) is 47.1 Å². The van der Waals surface area contributed by atoms with Crippen LogP contribution in [0, 0.1) is 0 Å². The minimum atomic E-state index is 0.489. The lowest BCUT2D eigenvalue weighted by molar-refractivity contribution is 0.793. The van der Waals surface area contributed by atoms with Crippen LogP contribution in [0.1, 0.15) is 12.5 Å². The first-order valence-electron chi connectivity index (χ1n) is 6.54. The Kier molecular flexibility index (Phi) is 3.42. The molecule has 102 valence electrons. The van der Waals surface area contributed by atoms with Gasteiger partial charge in [0.2, 0.25) is 0 Å². The number of hydrogen-bond donors (Lipinski definition) is 1. The van der Waals surface area contributed by atoms with Crippen LogP contribution in [0.2, 0.25) is 5.02 Å². The standard InChI is InChI=1S/C15H15ClN4/c1-2-20-14-11(16)4-3-5-12(14)19-15(20)13-7-6-10(8-17)9-18-13/h3-7,9H,2,8,17H2,1H3. The summed E-state index contributed by atoms with van der Waals surface area (Å²) < 4.78 is 2.09. The number of rotatable bonds is 3. The van der Waals surface area contributed by atoms with Gasteiger partial charge in [-0.25, -0.2) is 4.98 Å². The molecule has 3 aromatic rings. The normalized spacial score (nSPS) is 11.2. The Bertz CT molecular complexity index is 746. The average Bonchev–Trinajstić information content (AvgIpc) is 2.87. The number of pyridine rings is 1. The van der Waals surface area contributed by atoms with E-state index >= 15 is 0 Å². The SMILES string of the molecule is CCn1c(-c2ccc(CN)cn2)nc2cccc(Cl)c21. The first-order valence-corrected chi connectivity index (χ1v) is 6.92. The minimum Gasteiger partial charge on any atom is -0.326 e. The Morgan fingerprint density at radius 2 is 2.10 bits per heavy atom. The third kappa shape index (κ3) is 2.07. The molecule has 0 saturated heterocycles. The fourth-order valence-electron chi connectivity index (χ4n) is 2.32. The van der Waals surface area contributed by atoms with Crippen LogP contribution in [0.15, 0.2) is 36.5 Å². The molecule has 5 heteroatoms. The van der Waals surface area contributed by atoms with Gasteiger partial charge >= 0.3 is 0 Å². The summed E-state index contributed by atoms with van der Waals surface area (Å²) in [7, 11) is 0. The van der Waals surface area contributed by atoms with Crippen molar-refractivity contribution in [1.29, 1.82) is 0 Å². The highest BCUT2D eigenvalue weighted by Crippen LogP contribution is 2.28. The van der Waals surface area contributed by atoms with Crippen molar-refractivity contribution in [2.24, 2.45) is 5.73 Å². The van der Waals surface area contributed by atoms with Gasteiger partial charge in [0.05, 0.1) is 16.1 Å². The number of hydrogen-bond acceptors (Lipinski definition) is 3. The van der Waals surface area contributed by atoms with Crippen molar-refractivity contribution in [3.63, 3.8) is 0 Å². The van der Waals surface area contributed by atoms with E-state index in [-0.39, 0.29) is 0 Å². The zero-order chi connectivity index (χ0) is 14.1. The summed E-state index contributed by atoms with van der Waals surface area (Å²) in [6.07, 6.45) is 1.79. The maximum Gasteiger partial charge on any atom is 0.159 e. The molecule has 0 aliphatic rings. The van der Waals surface area contributed by atoms with Gasteiger partial charge in [-0.2, -0.15) is 0 Å². The number of nitrogens with zero attached hydrogens (tertiary/aromatic N) is 3. The van der Waals surface area contributed by atoms with Gasteiger partial charge in [-0.1, -0.05) is 23.7 Å². The monoisotopic (exact) mass is 286 g/mol. The molecule has 0 amide bonds. The summed E-state index contributed by atoms with van der Waals surface area (Å²) in [5.41, 5.74) is 9.28. The Morgan fingerprint density at radius 3 is 2.75 bits per heavy atom. The zero-order valence-corrected chi connectivity index (χ0v) is 11.9. The predicted octanol–water partition coefficient (Wildman–Crippen LogP) is 3.23. The van der Waals surface area contributed by atoms with Crippen LogP contribution in [-0.4, -0.2) is 14.5 Å². The number of aromatic nitrogens is 3. The molecular weight excluding hydrogens is 272 g/mol. The summed E-state index contributed by atoms with van der Waals surface area (Å²) in [5.74, 6) is 0.833. The molecule has 2 N–H and O–H groups in total. The van der Waals surface area contributed by atoms with Crippen LogP contribution in [-0.2, 0) is 13.1 Å². The topological polar surface area (TPSA) is 56.7 Å². The molecule has 20 heavy (non-hydrogen) atoms. The molecule has 0 atom stereocenters. The fraction of sp³-hybridized carbons (Fsp3) is 0.200. The number of nitrogens with two attached hydrogens (primary N) is 1. The van der Waals surface area contributed by atoms with Gasteiger partial charge in [0.1, 0.15) is 5.69 Å². The number of imidazole rings is 1. The molecule has 1 aromatic carbocycles. The summed E-state index contributed by atoms with van der Waals surface area (Å²) in [6.45, 7) is 3.35. The van der Waals surface area contributed by atoms with E-state index in [0.717, 1.165) is 34.7 Å². The van der Waals surface area contributed by atoms with Gasteiger partial charge in [0.15, 0.2) is 5.82 Å². The molecule has 0 spiro atoms. The second-order valence-corrected chi connectivity index (χ2v) is 4.95. The molecule has 3 rings (SSSR count). The van der Waals surface area contributed by atoms with Crippen molar-refractivity contribution >= 4 is 22.6 Å². The van der Waals surface area contributed by atoms with E-state index in [1.165, 1.54) is 0 Å². The van der Waals surface area contributed by atoms with Gasteiger partial charge in [-0.15, -0.1) is 0 Å². The highest BCUT2D eigenvalue weighted by Gasteiger charge is 2.14. The molecule has 2 aromatic heterocycles. The average molecular weight is 287 g/mol. The third-order valence-corrected chi connectivity index (χ3v) is 3.63. The summed E-state index contributed by atoms with van der Waals surface area (Å²) in [6, 6.07) is 9.68. The molecule has 0 saturated carbocycles. The number of para-hydroxylation sites is 1. The van der Waals surface area contributed by atoms with Gasteiger partial charge < -0.3 is 10.3 Å². The van der Waals surface area contributed by atoms with Gasteiger partial charge in [-0.3, -0.25) is 4.98 Å². The van der Waals surface area contributed by atoms with E-state index < -0.39 is 0 Å². The molecule has 0 aliphatic carbocycles. The number of aryl methyl sites for hydroxylation is 1. The predicted molar refractivity (Wildman–Crippen MR) is 81.5 cm³/mol. The summed E-state index contributed by atoms with van der Waals surface area (Å²) in [4.78, 5) is 9.10. The van der Waals surface area contributed by atoms with Gasteiger partial charge in [0, 0.05) is 19.3 Å². The lowest BCUT2D eigenvalue weighted by Gasteiger charge is -2.06. The molecule has 0 fully saturated rings. The fourth-order valence-corrected chi connectivity index (χ4v) is 2.59. The maximum absolute atomic E-state index is 6.29. The smallest absolute Gasteiger partial charge is 0.159 e. The summed E-state index contributed by atoms with van der Waals surface area (Å²) in [5, 5.41) is 0.710. The first kappa shape index (κ1) is 13.1. The molecule has 0 unspecified atom stereocenters. The van der Waals surface area contributed by atoms with Crippen LogP contribution < -0.4 is 5.73 Å². The van der Waals surface area contributed by atoms with Crippen molar-refractivity contribution in [3.8, 4) is 11.5 Å². The number of halogens is 1. The quantitative estimate of drug-likeness (QED) is 0.804. The Balaban J connectivity index is 2.22. The van der Waals surface area contributed by atoms with E-state index in [2.05, 4.69) is 21.5 Å². The summed E-state index contributed by atoms with van der Waals surface area (Å²) >= 11 is 6.29. The van der Waals surface area contributed by atoms with Crippen molar-refractivity contribution in [1.82, 2.24) is 14.5 Å². The van der Waals surface area contributed by atoms with E-state index in [0.29, 0.717) is 11.6 Å². The van der Waals surface area contributed by atoms with Crippen molar-refractivity contribution in [2.75, 3.05) is 0 Å². The second kappa shape index (κ2) is 5.23.